The Hall–Kier alpha value is -1.89. The van der Waals surface area contributed by atoms with Crippen LogP contribution in [0.4, 0.5) is 0 Å². The molecule has 0 spiro atoms. The van der Waals surface area contributed by atoms with E-state index in [2.05, 4.69) is 15.7 Å². The maximum Gasteiger partial charge on any atom is 0.225 e. The lowest BCUT2D eigenvalue weighted by molar-refractivity contribution is -0.128. The molecule has 4 rings (SSSR count). The largest absolute Gasteiger partial charge is 0.381 e. The Bertz CT molecular complexity index is 799. The van der Waals surface area contributed by atoms with E-state index >= 15 is 0 Å². The van der Waals surface area contributed by atoms with Crippen LogP contribution in [-0.2, 0) is 22.1 Å². The molecule has 0 unspecified atom stereocenters. The Balaban J connectivity index is 1.57. The summed E-state index contributed by atoms with van der Waals surface area (Å²) in [6, 6.07) is 7.80. The van der Waals surface area contributed by atoms with Gasteiger partial charge in [-0.1, -0.05) is 23.7 Å². The van der Waals surface area contributed by atoms with E-state index in [0.29, 0.717) is 24.8 Å². The summed E-state index contributed by atoms with van der Waals surface area (Å²) < 4.78 is 7.36. The van der Waals surface area contributed by atoms with Crippen molar-refractivity contribution in [3.63, 3.8) is 0 Å². The topological polar surface area (TPSA) is 68.2 Å². The summed E-state index contributed by atoms with van der Waals surface area (Å²) >= 11 is 6.07. The number of hydrogen-bond acceptors (Lipinski definition) is 4. The van der Waals surface area contributed by atoms with Crippen molar-refractivity contribution in [2.75, 3.05) is 26.3 Å². The van der Waals surface area contributed by atoms with Gasteiger partial charge in [0.25, 0.3) is 0 Å². The van der Waals surface area contributed by atoms with Gasteiger partial charge < -0.3 is 15.4 Å². The summed E-state index contributed by atoms with van der Waals surface area (Å²) in [6.07, 6.45) is 5.39. The van der Waals surface area contributed by atoms with E-state index in [1.807, 2.05) is 43.7 Å². The van der Waals surface area contributed by atoms with E-state index in [4.69, 9.17) is 16.3 Å². The van der Waals surface area contributed by atoms with Gasteiger partial charge in [0.15, 0.2) is 0 Å². The van der Waals surface area contributed by atoms with E-state index in [1.54, 1.807) is 4.68 Å². The predicted octanol–water partition coefficient (Wildman–Crippen LogP) is 2.20. The average molecular weight is 389 g/mol. The monoisotopic (exact) mass is 388 g/mol. The minimum atomic E-state index is -0.401. The number of rotatable bonds is 4. The number of ether oxygens (including phenoxy) is 1. The van der Waals surface area contributed by atoms with E-state index in [-0.39, 0.29) is 17.7 Å². The highest BCUT2D eigenvalue weighted by molar-refractivity contribution is 6.30. The summed E-state index contributed by atoms with van der Waals surface area (Å²) in [7, 11) is 1.90. The highest BCUT2D eigenvalue weighted by Crippen LogP contribution is 2.35. The Morgan fingerprint density at radius 3 is 2.70 bits per heavy atom. The molecule has 2 atom stereocenters. The third-order valence-electron chi connectivity index (χ3n) is 5.81. The first kappa shape index (κ1) is 18.5. The first-order valence-corrected chi connectivity index (χ1v) is 9.80. The minimum absolute atomic E-state index is 0.0886. The molecule has 2 aliphatic rings. The lowest BCUT2D eigenvalue weighted by atomic mass is 9.81. The molecule has 1 amide bonds. The van der Waals surface area contributed by atoms with Crippen molar-refractivity contribution in [3.05, 3.63) is 52.8 Å². The van der Waals surface area contributed by atoms with Crippen LogP contribution in [-0.4, -0.2) is 42.0 Å². The average Bonchev–Trinajstić information content (AvgIpc) is 3.31. The molecule has 27 heavy (non-hydrogen) atoms. The van der Waals surface area contributed by atoms with Gasteiger partial charge >= 0.3 is 0 Å². The van der Waals surface area contributed by atoms with Crippen LogP contribution in [0, 0.1) is 5.92 Å². The quantitative estimate of drug-likeness (QED) is 0.842. The molecule has 2 aliphatic heterocycles. The van der Waals surface area contributed by atoms with Gasteiger partial charge in [0, 0.05) is 50.5 Å². The van der Waals surface area contributed by atoms with Crippen molar-refractivity contribution in [1.29, 1.82) is 0 Å². The number of aryl methyl sites for hydroxylation is 1. The zero-order valence-corrected chi connectivity index (χ0v) is 16.2. The van der Waals surface area contributed by atoms with Crippen LogP contribution >= 0.6 is 11.6 Å². The van der Waals surface area contributed by atoms with Gasteiger partial charge in [0.1, 0.15) is 0 Å². The van der Waals surface area contributed by atoms with Gasteiger partial charge in [0.05, 0.1) is 17.7 Å². The first-order chi connectivity index (χ1) is 13.1. The van der Waals surface area contributed by atoms with Gasteiger partial charge in [-0.15, -0.1) is 0 Å². The molecule has 3 heterocycles. The first-order valence-electron chi connectivity index (χ1n) is 9.42. The van der Waals surface area contributed by atoms with Gasteiger partial charge in [-0.05, 0) is 36.1 Å². The van der Waals surface area contributed by atoms with Crippen LogP contribution in [0.5, 0.6) is 0 Å². The molecule has 0 bridgehead atoms. The van der Waals surface area contributed by atoms with Crippen LogP contribution < -0.4 is 10.6 Å². The number of nitrogens with zero attached hydrogens (tertiary/aromatic N) is 2. The zero-order valence-electron chi connectivity index (χ0n) is 15.5. The lowest BCUT2D eigenvalue weighted by Crippen LogP contribution is -2.52. The fourth-order valence-corrected chi connectivity index (χ4v) is 4.37. The molecular weight excluding hydrogens is 364 g/mol. The molecular formula is C20H25ClN4O2. The molecule has 0 aliphatic carbocycles. The van der Waals surface area contributed by atoms with Gasteiger partial charge in [-0.25, -0.2) is 0 Å². The second kappa shape index (κ2) is 7.62. The summed E-state index contributed by atoms with van der Waals surface area (Å²) in [5.74, 6) is 0.118. The van der Waals surface area contributed by atoms with Crippen molar-refractivity contribution in [3.8, 4) is 0 Å². The molecule has 0 saturated carbocycles. The third kappa shape index (κ3) is 3.74. The molecule has 1 aromatic heterocycles. The Kier molecular flexibility index (Phi) is 5.21. The second-order valence-corrected chi connectivity index (χ2v) is 7.95. The third-order valence-corrected chi connectivity index (χ3v) is 6.06. The van der Waals surface area contributed by atoms with Crippen molar-refractivity contribution < 1.29 is 9.53 Å². The van der Waals surface area contributed by atoms with Crippen molar-refractivity contribution in [2.45, 2.75) is 24.3 Å². The molecule has 0 radical (unpaired) electrons. The van der Waals surface area contributed by atoms with E-state index in [0.717, 1.165) is 30.5 Å². The summed E-state index contributed by atoms with van der Waals surface area (Å²) in [5.41, 5.74) is 1.80. The number of hydrogen-bond donors (Lipinski definition) is 2. The number of benzene rings is 1. The van der Waals surface area contributed by atoms with E-state index < -0.39 is 5.54 Å². The molecule has 2 fully saturated rings. The maximum absolute atomic E-state index is 13.3. The molecule has 144 valence electrons. The SMILES string of the molecule is Cn1cc([C@H]2CNC[C@@H]2C(=O)NC2(c3ccc(Cl)cc3)CCOCC2)cn1. The highest BCUT2D eigenvalue weighted by atomic mass is 35.5. The number of amides is 1. The minimum Gasteiger partial charge on any atom is -0.381 e. The van der Waals surface area contributed by atoms with Crippen LogP contribution in [0.25, 0.3) is 0 Å². The molecule has 2 saturated heterocycles. The normalized spacial score (nSPS) is 24.7. The number of nitrogens with one attached hydrogen (secondary N) is 2. The fourth-order valence-electron chi connectivity index (χ4n) is 4.24. The number of carbonyl (C=O) groups is 1. The fraction of sp³-hybridized carbons (Fsp3) is 0.500. The van der Waals surface area contributed by atoms with Gasteiger partial charge in [0.2, 0.25) is 5.91 Å². The second-order valence-electron chi connectivity index (χ2n) is 7.51. The van der Waals surface area contributed by atoms with E-state index in [9.17, 15) is 4.79 Å². The summed E-state index contributed by atoms with van der Waals surface area (Å²) in [6.45, 7) is 2.75. The smallest absolute Gasteiger partial charge is 0.225 e. The molecule has 1 aromatic carbocycles. The predicted molar refractivity (Wildman–Crippen MR) is 104 cm³/mol. The zero-order chi connectivity index (χ0) is 18.9. The maximum atomic E-state index is 13.3. The van der Waals surface area contributed by atoms with Crippen LogP contribution in [0.2, 0.25) is 5.02 Å². The van der Waals surface area contributed by atoms with Crippen LogP contribution in [0.1, 0.15) is 29.9 Å². The van der Waals surface area contributed by atoms with Crippen molar-refractivity contribution in [2.24, 2.45) is 13.0 Å². The molecule has 2 aromatic rings. The molecule has 6 nitrogen and oxygen atoms in total. The Morgan fingerprint density at radius 1 is 1.30 bits per heavy atom. The molecule has 2 N–H and O–H groups in total. The van der Waals surface area contributed by atoms with Crippen molar-refractivity contribution >= 4 is 17.5 Å². The van der Waals surface area contributed by atoms with Gasteiger partial charge in [-0.3, -0.25) is 9.48 Å². The van der Waals surface area contributed by atoms with Crippen LogP contribution in [0.3, 0.4) is 0 Å². The summed E-state index contributed by atoms with van der Waals surface area (Å²) in [4.78, 5) is 13.3. The molecule has 7 heteroatoms. The number of halogens is 1. The number of aromatic nitrogens is 2. The van der Waals surface area contributed by atoms with E-state index in [1.165, 1.54) is 0 Å². The standard InChI is InChI=1S/C20H25ClN4O2/c1-25-13-14(10-23-25)17-11-22-12-18(17)19(26)24-20(6-8-27-9-7-20)15-2-4-16(21)5-3-15/h2-5,10,13,17-18,22H,6-9,11-12H2,1H3,(H,24,26)/t17-,18+/m1/s1. The van der Waals surface area contributed by atoms with Gasteiger partial charge in [-0.2, -0.15) is 5.10 Å². The number of carbonyl (C=O) groups excluding carboxylic acids is 1. The van der Waals surface area contributed by atoms with Crippen LogP contribution in [0.15, 0.2) is 36.7 Å². The Labute approximate surface area is 164 Å². The summed E-state index contributed by atoms with van der Waals surface area (Å²) in [5, 5.41) is 11.7. The lowest BCUT2D eigenvalue weighted by Gasteiger charge is -2.39. The van der Waals surface area contributed by atoms with Crippen molar-refractivity contribution in [1.82, 2.24) is 20.4 Å². The Morgan fingerprint density at radius 2 is 2.04 bits per heavy atom. The highest BCUT2D eigenvalue weighted by Gasteiger charge is 2.41.